The van der Waals surface area contributed by atoms with Gasteiger partial charge in [0, 0.05) is 5.92 Å². The number of nitrogens with two attached hydrogens (primary N) is 1. The van der Waals surface area contributed by atoms with Gasteiger partial charge in [0.1, 0.15) is 30.0 Å². The predicted octanol–water partition coefficient (Wildman–Crippen LogP) is 4.55. The minimum absolute atomic E-state index is 0.0394. The molecule has 2 atom stereocenters. The Balaban J connectivity index is 1.53. The predicted molar refractivity (Wildman–Crippen MR) is 131 cm³/mol. The number of aliphatic hydroxyl groups is 1. The number of hydrogen-bond acceptors (Lipinski definition) is 6. The van der Waals surface area contributed by atoms with E-state index in [-0.39, 0.29) is 11.7 Å². The monoisotopic (exact) mass is 451 g/mol. The Kier molecular flexibility index (Phi) is 5.93. The molecule has 0 spiro atoms. The van der Waals surface area contributed by atoms with E-state index in [2.05, 4.69) is 45.3 Å². The second-order valence-corrected chi connectivity index (χ2v) is 8.16. The minimum Gasteiger partial charge on any atom is -0.467 e. The molecule has 2 heterocycles. The number of imidazole rings is 1. The highest BCUT2D eigenvalue weighted by Gasteiger charge is 2.24. The molecule has 0 bridgehead atoms. The lowest BCUT2D eigenvalue weighted by Crippen LogP contribution is -2.26. The Morgan fingerprint density at radius 1 is 0.824 bits per heavy atom. The molecule has 0 saturated carbocycles. The van der Waals surface area contributed by atoms with Gasteiger partial charge in [0.25, 0.3) is 0 Å². The van der Waals surface area contributed by atoms with Crippen LogP contribution in [0.25, 0.3) is 11.2 Å². The van der Waals surface area contributed by atoms with E-state index >= 15 is 0 Å². The van der Waals surface area contributed by atoms with E-state index in [4.69, 9.17) is 10.5 Å². The third kappa shape index (κ3) is 4.21. The molecule has 34 heavy (non-hydrogen) atoms. The third-order valence-corrected chi connectivity index (χ3v) is 5.79. The summed E-state index contributed by atoms with van der Waals surface area (Å²) < 4.78 is 7.98. The molecule has 0 amide bonds. The van der Waals surface area contributed by atoms with Crippen molar-refractivity contribution in [2.45, 2.75) is 25.2 Å². The van der Waals surface area contributed by atoms with Crippen LogP contribution in [0.4, 0.5) is 5.82 Å². The molecule has 2 aromatic heterocycles. The first-order chi connectivity index (χ1) is 16.6. The average Bonchev–Trinajstić information content (AvgIpc) is 3.29. The van der Waals surface area contributed by atoms with Crippen LogP contribution >= 0.6 is 0 Å². The van der Waals surface area contributed by atoms with Crippen LogP contribution in [0.3, 0.4) is 0 Å². The fourth-order valence-corrected chi connectivity index (χ4v) is 4.22. The normalized spacial score (nSPS) is 13.1. The zero-order chi connectivity index (χ0) is 23.5. The number of aromatic nitrogens is 4. The Labute approximate surface area is 197 Å². The van der Waals surface area contributed by atoms with Crippen LogP contribution < -0.4 is 10.5 Å². The molecular formula is C27H25N5O2. The van der Waals surface area contributed by atoms with Gasteiger partial charge in [-0.05, 0) is 35.7 Å². The van der Waals surface area contributed by atoms with E-state index in [0.717, 1.165) is 5.56 Å². The summed E-state index contributed by atoms with van der Waals surface area (Å²) in [5, 5.41) is 10.6. The summed E-state index contributed by atoms with van der Waals surface area (Å²) >= 11 is 0. The summed E-state index contributed by atoms with van der Waals surface area (Å²) in [4.78, 5) is 12.6. The fourth-order valence-electron chi connectivity index (χ4n) is 4.22. The number of aliphatic hydroxyl groups excluding tert-OH is 1. The molecule has 5 aromatic rings. The first-order valence-electron chi connectivity index (χ1n) is 11.1. The zero-order valence-electron chi connectivity index (χ0n) is 18.7. The third-order valence-electron chi connectivity index (χ3n) is 5.79. The first-order valence-corrected chi connectivity index (χ1v) is 11.1. The average molecular weight is 452 g/mol. The van der Waals surface area contributed by atoms with Crippen molar-refractivity contribution in [3.05, 3.63) is 114 Å². The summed E-state index contributed by atoms with van der Waals surface area (Å²) in [6, 6.07) is 28.7. The van der Waals surface area contributed by atoms with E-state index < -0.39 is 12.3 Å². The van der Waals surface area contributed by atoms with Gasteiger partial charge in [-0.1, -0.05) is 72.8 Å². The van der Waals surface area contributed by atoms with Crippen LogP contribution in [-0.4, -0.2) is 30.7 Å². The molecule has 7 nitrogen and oxygen atoms in total. The largest absolute Gasteiger partial charge is 0.467 e. The SMILES string of the molecule is CC(O)[C@@H](Oc1cccc(C(c2ccccc2)c2ccccc2)c1)n1cnc2c(N)ncnc21. The van der Waals surface area contributed by atoms with Crippen molar-refractivity contribution in [2.75, 3.05) is 5.73 Å². The van der Waals surface area contributed by atoms with Crippen LogP contribution in [-0.2, 0) is 0 Å². The number of benzene rings is 3. The number of nitrogen functional groups attached to an aromatic ring is 1. The fraction of sp³-hybridized carbons (Fsp3) is 0.148. The number of rotatable bonds is 7. The molecule has 0 aliphatic carbocycles. The molecular weight excluding hydrogens is 426 g/mol. The van der Waals surface area contributed by atoms with Crippen molar-refractivity contribution in [3.8, 4) is 5.75 Å². The number of fused-ring (bicyclic) bond motifs is 1. The van der Waals surface area contributed by atoms with Gasteiger partial charge in [-0.2, -0.15) is 0 Å². The molecule has 0 radical (unpaired) electrons. The Bertz CT molecular complexity index is 1350. The molecule has 0 fully saturated rings. The highest BCUT2D eigenvalue weighted by atomic mass is 16.5. The Morgan fingerprint density at radius 2 is 1.47 bits per heavy atom. The maximum atomic E-state index is 10.6. The maximum absolute atomic E-state index is 10.6. The van der Waals surface area contributed by atoms with E-state index in [1.807, 2.05) is 54.6 Å². The summed E-state index contributed by atoms with van der Waals surface area (Å²) in [7, 11) is 0. The van der Waals surface area contributed by atoms with Crippen LogP contribution in [0.1, 0.15) is 35.8 Å². The van der Waals surface area contributed by atoms with Crippen molar-refractivity contribution in [3.63, 3.8) is 0 Å². The molecule has 3 N–H and O–H groups in total. The van der Waals surface area contributed by atoms with Gasteiger partial charge in [-0.25, -0.2) is 15.0 Å². The molecule has 1 unspecified atom stereocenters. The highest BCUT2D eigenvalue weighted by Crippen LogP contribution is 2.34. The molecule has 0 aliphatic heterocycles. The second-order valence-electron chi connectivity index (χ2n) is 8.16. The molecule has 7 heteroatoms. The summed E-state index contributed by atoms with van der Waals surface area (Å²) in [6.45, 7) is 1.67. The van der Waals surface area contributed by atoms with Gasteiger partial charge >= 0.3 is 0 Å². The Hall–Kier alpha value is -4.23. The van der Waals surface area contributed by atoms with E-state index in [0.29, 0.717) is 16.9 Å². The number of anilines is 1. The van der Waals surface area contributed by atoms with E-state index in [9.17, 15) is 5.11 Å². The summed E-state index contributed by atoms with van der Waals surface area (Å²) in [5.74, 6) is 0.949. The molecule has 170 valence electrons. The molecule has 0 saturated heterocycles. The van der Waals surface area contributed by atoms with E-state index in [1.165, 1.54) is 17.5 Å². The molecule has 3 aromatic carbocycles. The maximum Gasteiger partial charge on any atom is 0.204 e. The van der Waals surface area contributed by atoms with Crippen LogP contribution in [0.15, 0.2) is 97.6 Å². The topological polar surface area (TPSA) is 99.1 Å². The van der Waals surface area contributed by atoms with Crippen LogP contribution in [0, 0.1) is 0 Å². The second kappa shape index (κ2) is 9.33. The Morgan fingerprint density at radius 3 is 2.12 bits per heavy atom. The first kappa shape index (κ1) is 21.6. The standard InChI is InChI=1S/C27H25N5O2/c1-18(33)27(32-17-31-24-25(28)29-16-30-26(24)32)34-22-14-8-13-21(15-22)23(19-9-4-2-5-10-19)20-11-6-3-7-12-20/h2-18,23,27,33H,1H3,(H2,28,29,30)/t18?,27-/m1/s1. The summed E-state index contributed by atoms with van der Waals surface area (Å²) in [6.07, 6.45) is 1.35. The van der Waals surface area contributed by atoms with Crippen LogP contribution in [0.2, 0.25) is 0 Å². The lowest BCUT2D eigenvalue weighted by atomic mass is 9.85. The molecule has 0 aliphatic rings. The van der Waals surface area contributed by atoms with Gasteiger partial charge in [-0.15, -0.1) is 0 Å². The number of nitrogens with zero attached hydrogens (tertiary/aromatic N) is 4. The number of ether oxygens (including phenoxy) is 1. The smallest absolute Gasteiger partial charge is 0.204 e. The van der Waals surface area contributed by atoms with Crippen LogP contribution in [0.5, 0.6) is 5.75 Å². The molecule has 5 rings (SSSR count). The van der Waals surface area contributed by atoms with Crippen molar-refractivity contribution in [2.24, 2.45) is 0 Å². The lowest BCUT2D eigenvalue weighted by Gasteiger charge is -2.24. The highest BCUT2D eigenvalue weighted by molar-refractivity contribution is 5.81. The van der Waals surface area contributed by atoms with Gasteiger partial charge < -0.3 is 15.6 Å². The van der Waals surface area contributed by atoms with Crippen molar-refractivity contribution < 1.29 is 9.84 Å². The lowest BCUT2D eigenvalue weighted by molar-refractivity contribution is 0.00343. The van der Waals surface area contributed by atoms with Gasteiger partial charge in [0.15, 0.2) is 11.5 Å². The van der Waals surface area contributed by atoms with Crippen molar-refractivity contribution in [1.29, 1.82) is 0 Å². The van der Waals surface area contributed by atoms with Crippen molar-refractivity contribution >= 4 is 17.0 Å². The quantitative estimate of drug-likeness (QED) is 0.352. The number of hydrogen-bond donors (Lipinski definition) is 2. The van der Waals surface area contributed by atoms with Gasteiger partial charge in [-0.3, -0.25) is 4.57 Å². The summed E-state index contributed by atoms with van der Waals surface area (Å²) in [5.41, 5.74) is 10.4. The zero-order valence-corrected chi connectivity index (χ0v) is 18.7. The van der Waals surface area contributed by atoms with Gasteiger partial charge in [0.2, 0.25) is 6.23 Å². The van der Waals surface area contributed by atoms with Gasteiger partial charge in [0.05, 0.1) is 0 Å². The minimum atomic E-state index is -0.837. The van der Waals surface area contributed by atoms with E-state index in [1.54, 1.807) is 17.8 Å². The van der Waals surface area contributed by atoms with Crippen molar-refractivity contribution in [1.82, 2.24) is 19.5 Å².